The molecule has 0 saturated heterocycles. The summed E-state index contributed by atoms with van der Waals surface area (Å²) in [4.78, 5) is 24.2. The van der Waals surface area contributed by atoms with Gasteiger partial charge in [0, 0.05) is 9.99 Å². The van der Waals surface area contributed by atoms with Crippen molar-refractivity contribution in [3.05, 3.63) is 81.4 Å². The minimum absolute atomic E-state index is 0.209. The van der Waals surface area contributed by atoms with E-state index >= 15 is 0 Å². The molecule has 26 heavy (non-hydrogen) atoms. The van der Waals surface area contributed by atoms with Crippen LogP contribution in [0.25, 0.3) is 10.8 Å². The number of halogens is 1. The van der Waals surface area contributed by atoms with Gasteiger partial charge in [-0.1, -0.05) is 54.6 Å². The van der Waals surface area contributed by atoms with E-state index in [9.17, 15) is 9.59 Å². The Bertz CT molecular complexity index is 955. The monoisotopic (exact) mass is 458 g/mol. The number of amides is 2. The molecule has 0 unspecified atom stereocenters. The van der Waals surface area contributed by atoms with Crippen molar-refractivity contribution in [2.75, 3.05) is 0 Å². The highest BCUT2D eigenvalue weighted by molar-refractivity contribution is 14.1. The van der Waals surface area contributed by atoms with E-state index in [1.54, 1.807) is 0 Å². The number of hydrogen-bond acceptors (Lipinski definition) is 2. The van der Waals surface area contributed by atoms with Crippen molar-refractivity contribution < 1.29 is 9.59 Å². The molecule has 0 bridgehead atoms. The Kier molecular flexibility index (Phi) is 5.88. The van der Waals surface area contributed by atoms with Crippen molar-refractivity contribution in [1.82, 2.24) is 5.32 Å². The van der Waals surface area contributed by atoms with Crippen molar-refractivity contribution in [3.63, 3.8) is 0 Å². The minimum atomic E-state index is -0.721. The molecular formula is C21H19IN2O2. The predicted molar refractivity (Wildman–Crippen MR) is 112 cm³/mol. The number of rotatable bonds is 6. The number of benzene rings is 3. The molecule has 3 aromatic rings. The highest BCUT2D eigenvalue weighted by Gasteiger charge is 2.19. The predicted octanol–water partition coefficient (Wildman–Crippen LogP) is 3.20. The maximum atomic E-state index is 12.4. The van der Waals surface area contributed by atoms with Crippen LogP contribution in [-0.4, -0.2) is 17.9 Å². The standard InChI is InChI=1S/C21H19IN2O2/c22-18-7-3-4-14(11-18)12-19(21(23)26)24-20(25)13-15-8-9-16-5-1-2-6-17(16)10-15/h1-11,19H,12-13H2,(H2,23,26)(H,24,25)/t19-/m1/s1. The van der Waals surface area contributed by atoms with Gasteiger partial charge in [0.1, 0.15) is 6.04 Å². The van der Waals surface area contributed by atoms with Gasteiger partial charge < -0.3 is 11.1 Å². The number of nitrogens with one attached hydrogen (secondary N) is 1. The fraction of sp³-hybridized carbons (Fsp3) is 0.143. The van der Waals surface area contributed by atoms with Crippen LogP contribution in [0.3, 0.4) is 0 Å². The summed E-state index contributed by atoms with van der Waals surface area (Å²) in [5.74, 6) is -0.745. The lowest BCUT2D eigenvalue weighted by Gasteiger charge is -2.16. The molecule has 0 heterocycles. The molecule has 0 aromatic heterocycles. The molecule has 1 atom stereocenters. The Morgan fingerprint density at radius 2 is 1.69 bits per heavy atom. The second-order valence-corrected chi connectivity index (χ2v) is 7.46. The van der Waals surface area contributed by atoms with Gasteiger partial charge in [-0.05, 0) is 56.6 Å². The molecule has 3 N–H and O–H groups in total. The van der Waals surface area contributed by atoms with E-state index in [0.29, 0.717) is 6.42 Å². The molecule has 5 heteroatoms. The SMILES string of the molecule is NC(=O)[C@@H](Cc1cccc(I)c1)NC(=O)Cc1ccc2ccccc2c1. The first kappa shape index (κ1) is 18.4. The molecule has 132 valence electrons. The van der Waals surface area contributed by atoms with Gasteiger partial charge in [0.15, 0.2) is 0 Å². The Morgan fingerprint density at radius 1 is 0.923 bits per heavy atom. The normalized spacial score (nSPS) is 11.9. The second kappa shape index (κ2) is 8.31. The minimum Gasteiger partial charge on any atom is -0.368 e. The first-order chi connectivity index (χ1) is 12.5. The summed E-state index contributed by atoms with van der Waals surface area (Å²) < 4.78 is 1.07. The summed E-state index contributed by atoms with van der Waals surface area (Å²) in [7, 11) is 0. The first-order valence-corrected chi connectivity index (χ1v) is 9.40. The molecule has 0 spiro atoms. The average molecular weight is 458 g/mol. The zero-order chi connectivity index (χ0) is 18.5. The van der Waals surface area contributed by atoms with Gasteiger partial charge in [-0.15, -0.1) is 0 Å². The van der Waals surface area contributed by atoms with Crippen molar-refractivity contribution in [2.45, 2.75) is 18.9 Å². The molecule has 3 rings (SSSR count). The first-order valence-electron chi connectivity index (χ1n) is 8.32. The Morgan fingerprint density at radius 3 is 2.42 bits per heavy atom. The molecule has 0 saturated carbocycles. The van der Waals surface area contributed by atoms with E-state index in [2.05, 4.69) is 27.9 Å². The topological polar surface area (TPSA) is 72.2 Å². The third kappa shape index (κ3) is 4.82. The van der Waals surface area contributed by atoms with Gasteiger partial charge >= 0.3 is 0 Å². The highest BCUT2D eigenvalue weighted by atomic mass is 127. The third-order valence-electron chi connectivity index (χ3n) is 4.19. The smallest absolute Gasteiger partial charge is 0.240 e. The molecule has 0 aliphatic heterocycles. The van der Waals surface area contributed by atoms with Crippen LogP contribution in [0.5, 0.6) is 0 Å². The van der Waals surface area contributed by atoms with E-state index < -0.39 is 11.9 Å². The summed E-state index contributed by atoms with van der Waals surface area (Å²) in [5, 5.41) is 4.98. The number of nitrogens with two attached hydrogens (primary N) is 1. The van der Waals surface area contributed by atoms with E-state index in [1.165, 1.54) is 0 Å². The van der Waals surface area contributed by atoms with Crippen LogP contribution in [0.4, 0.5) is 0 Å². The summed E-state index contributed by atoms with van der Waals surface area (Å²) >= 11 is 2.21. The second-order valence-electron chi connectivity index (χ2n) is 6.21. The summed E-state index contributed by atoms with van der Waals surface area (Å²) in [6.45, 7) is 0. The molecule has 3 aromatic carbocycles. The number of primary amides is 1. The van der Waals surface area contributed by atoms with Crippen molar-refractivity contribution in [1.29, 1.82) is 0 Å². The zero-order valence-corrected chi connectivity index (χ0v) is 16.3. The molecule has 0 radical (unpaired) electrons. The lowest BCUT2D eigenvalue weighted by atomic mass is 10.0. The van der Waals surface area contributed by atoms with Gasteiger partial charge in [0.05, 0.1) is 6.42 Å². The van der Waals surface area contributed by atoms with Gasteiger partial charge in [-0.25, -0.2) is 0 Å². The number of carbonyl (C=O) groups excluding carboxylic acids is 2. The lowest BCUT2D eigenvalue weighted by Crippen LogP contribution is -2.46. The molecule has 4 nitrogen and oxygen atoms in total. The van der Waals surface area contributed by atoms with Gasteiger partial charge in [0.25, 0.3) is 0 Å². The fourth-order valence-corrected chi connectivity index (χ4v) is 3.51. The maximum absolute atomic E-state index is 12.4. The van der Waals surface area contributed by atoms with Crippen molar-refractivity contribution >= 4 is 45.2 Å². The Hall–Kier alpha value is -2.41. The molecule has 0 aliphatic carbocycles. The largest absolute Gasteiger partial charge is 0.368 e. The maximum Gasteiger partial charge on any atom is 0.240 e. The summed E-state index contributed by atoms with van der Waals surface area (Å²) in [5.41, 5.74) is 7.35. The van der Waals surface area contributed by atoms with Gasteiger partial charge in [-0.2, -0.15) is 0 Å². The Balaban J connectivity index is 1.68. The van der Waals surface area contributed by atoms with Crippen LogP contribution < -0.4 is 11.1 Å². The number of fused-ring (bicyclic) bond motifs is 1. The quantitative estimate of drug-likeness (QED) is 0.557. The van der Waals surface area contributed by atoms with E-state index in [1.807, 2.05) is 66.7 Å². The molecule has 2 amide bonds. The number of hydrogen-bond donors (Lipinski definition) is 2. The van der Waals surface area contributed by atoms with Crippen molar-refractivity contribution in [3.8, 4) is 0 Å². The van der Waals surface area contributed by atoms with E-state index in [4.69, 9.17) is 5.73 Å². The van der Waals surface area contributed by atoms with Crippen LogP contribution in [0.2, 0.25) is 0 Å². The summed E-state index contributed by atoms with van der Waals surface area (Å²) in [6.07, 6.45) is 0.594. The van der Waals surface area contributed by atoms with Crippen LogP contribution in [0, 0.1) is 3.57 Å². The third-order valence-corrected chi connectivity index (χ3v) is 4.86. The van der Waals surface area contributed by atoms with E-state index in [0.717, 1.165) is 25.5 Å². The molecule has 0 fully saturated rings. The van der Waals surface area contributed by atoms with E-state index in [-0.39, 0.29) is 12.3 Å². The zero-order valence-electron chi connectivity index (χ0n) is 14.1. The molecular weight excluding hydrogens is 439 g/mol. The van der Waals surface area contributed by atoms with Gasteiger partial charge in [0.2, 0.25) is 11.8 Å². The average Bonchev–Trinajstić information content (AvgIpc) is 2.61. The van der Waals surface area contributed by atoms with Crippen molar-refractivity contribution in [2.24, 2.45) is 5.73 Å². The fourth-order valence-electron chi connectivity index (χ4n) is 2.90. The van der Waals surface area contributed by atoms with Crippen LogP contribution in [0.1, 0.15) is 11.1 Å². The molecule has 0 aliphatic rings. The Labute approximate surface area is 165 Å². The van der Waals surface area contributed by atoms with Crippen LogP contribution in [-0.2, 0) is 22.4 Å². The highest BCUT2D eigenvalue weighted by Crippen LogP contribution is 2.16. The van der Waals surface area contributed by atoms with Gasteiger partial charge in [-0.3, -0.25) is 9.59 Å². The van der Waals surface area contributed by atoms with Crippen LogP contribution >= 0.6 is 22.6 Å². The van der Waals surface area contributed by atoms with Crippen LogP contribution in [0.15, 0.2) is 66.7 Å². The lowest BCUT2D eigenvalue weighted by molar-refractivity contribution is -0.127. The number of carbonyl (C=O) groups is 2. The summed E-state index contributed by atoms with van der Waals surface area (Å²) in [6, 6.07) is 21.0.